The Hall–Kier alpha value is -0.840. The van der Waals surface area contributed by atoms with Crippen LogP contribution in [-0.4, -0.2) is 48.9 Å². The van der Waals surface area contributed by atoms with E-state index < -0.39 is 0 Å². The van der Waals surface area contributed by atoms with Crippen molar-refractivity contribution in [3.8, 4) is 0 Å². The van der Waals surface area contributed by atoms with E-state index in [1.54, 1.807) is 0 Å². The highest BCUT2D eigenvalue weighted by Crippen LogP contribution is 2.03. The zero-order valence-electron chi connectivity index (χ0n) is 11.4. The van der Waals surface area contributed by atoms with Crippen LogP contribution in [0.1, 0.15) is 19.0 Å². The van der Waals surface area contributed by atoms with Gasteiger partial charge < -0.3 is 14.6 Å². The van der Waals surface area contributed by atoms with Gasteiger partial charge in [0.2, 0.25) is 0 Å². The van der Waals surface area contributed by atoms with E-state index in [1.165, 1.54) is 12.1 Å². The van der Waals surface area contributed by atoms with Crippen molar-refractivity contribution >= 4 is 0 Å². The van der Waals surface area contributed by atoms with Crippen LogP contribution in [-0.2, 0) is 17.8 Å². The number of rotatable bonds is 7. The van der Waals surface area contributed by atoms with Gasteiger partial charge in [-0.2, -0.15) is 0 Å². The molecule has 4 heteroatoms. The molecule has 0 spiro atoms. The quantitative estimate of drug-likeness (QED) is 0.741. The second kappa shape index (κ2) is 7.56. The van der Waals surface area contributed by atoms with Crippen molar-refractivity contribution in [3.05, 3.63) is 24.0 Å². The van der Waals surface area contributed by atoms with E-state index in [1.807, 2.05) is 0 Å². The lowest BCUT2D eigenvalue weighted by Crippen LogP contribution is -2.40. The fourth-order valence-electron chi connectivity index (χ4n) is 2.35. The lowest BCUT2D eigenvalue weighted by Gasteiger charge is -2.26. The SMILES string of the molecule is CCCn1cccc1CNCCN1CCOCC1. The first-order valence-corrected chi connectivity index (χ1v) is 7.05. The van der Waals surface area contributed by atoms with Gasteiger partial charge in [-0.3, -0.25) is 4.90 Å². The molecule has 0 atom stereocenters. The Labute approximate surface area is 110 Å². The van der Waals surface area contributed by atoms with Gasteiger partial charge in [0.05, 0.1) is 13.2 Å². The summed E-state index contributed by atoms with van der Waals surface area (Å²) in [5, 5.41) is 3.53. The summed E-state index contributed by atoms with van der Waals surface area (Å²) in [6.07, 6.45) is 3.36. The molecule has 0 amide bonds. The largest absolute Gasteiger partial charge is 0.379 e. The number of aromatic nitrogens is 1. The Balaban J connectivity index is 1.63. The number of morpholine rings is 1. The standard InChI is InChI=1S/C14H25N3O/c1-2-6-17-7-3-4-14(17)13-15-5-8-16-9-11-18-12-10-16/h3-4,7,15H,2,5-6,8-13H2,1H3. The second-order valence-corrected chi connectivity index (χ2v) is 4.82. The maximum absolute atomic E-state index is 5.34. The van der Waals surface area contributed by atoms with E-state index in [0.717, 1.165) is 52.5 Å². The summed E-state index contributed by atoms with van der Waals surface area (Å²) in [7, 11) is 0. The lowest BCUT2D eigenvalue weighted by molar-refractivity contribution is 0.0384. The van der Waals surface area contributed by atoms with Crippen LogP contribution in [0.15, 0.2) is 18.3 Å². The summed E-state index contributed by atoms with van der Waals surface area (Å²) in [4.78, 5) is 2.46. The van der Waals surface area contributed by atoms with Crippen molar-refractivity contribution in [2.45, 2.75) is 26.4 Å². The second-order valence-electron chi connectivity index (χ2n) is 4.82. The topological polar surface area (TPSA) is 29.4 Å². The van der Waals surface area contributed by atoms with Gasteiger partial charge in [-0.1, -0.05) is 6.92 Å². The number of nitrogens with zero attached hydrogens (tertiary/aromatic N) is 2. The first-order valence-electron chi connectivity index (χ1n) is 7.05. The summed E-state index contributed by atoms with van der Waals surface area (Å²) in [6, 6.07) is 4.34. The number of hydrogen-bond donors (Lipinski definition) is 1. The van der Waals surface area contributed by atoms with Crippen LogP contribution in [0, 0.1) is 0 Å². The third kappa shape index (κ3) is 4.12. The van der Waals surface area contributed by atoms with Crippen molar-refractivity contribution in [2.75, 3.05) is 39.4 Å². The van der Waals surface area contributed by atoms with Crippen LogP contribution in [0.4, 0.5) is 0 Å². The average molecular weight is 251 g/mol. The van der Waals surface area contributed by atoms with Crippen LogP contribution in [0.3, 0.4) is 0 Å². The molecule has 0 saturated carbocycles. The Morgan fingerprint density at radius 2 is 2.11 bits per heavy atom. The first-order chi connectivity index (χ1) is 8.90. The van der Waals surface area contributed by atoms with Gasteiger partial charge >= 0.3 is 0 Å². The predicted octanol–water partition coefficient (Wildman–Crippen LogP) is 1.32. The molecule has 4 nitrogen and oxygen atoms in total. The van der Waals surface area contributed by atoms with Crippen molar-refractivity contribution < 1.29 is 4.74 Å². The van der Waals surface area contributed by atoms with Gasteiger partial charge in [-0.25, -0.2) is 0 Å². The van der Waals surface area contributed by atoms with E-state index in [9.17, 15) is 0 Å². The Bertz CT molecular complexity index is 332. The molecule has 1 aromatic heterocycles. The van der Waals surface area contributed by atoms with Crippen molar-refractivity contribution in [1.29, 1.82) is 0 Å². The van der Waals surface area contributed by atoms with Crippen LogP contribution < -0.4 is 5.32 Å². The zero-order chi connectivity index (χ0) is 12.6. The minimum atomic E-state index is 0.888. The summed E-state index contributed by atoms with van der Waals surface area (Å²) in [6.45, 7) is 10.4. The van der Waals surface area contributed by atoms with Crippen LogP contribution in [0.25, 0.3) is 0 Å². The fraction of sp³-hybridized carbons (Fsp3) is 0.714. The summed E-state index contributed by atoms with van der Waals surface area (Å²) < 4.78 is 7.68. The molecule has 2 rings (SSSR count). The number of nitrogens with one attached hydrogen (secondary N) is 1. The Morgan fingerprint density at radius 1 is 1.28 bits per heavy atom. The van der Waals surface area contributed by atoms with Crippen LogP contribution in [0.2, 0.25) is 0 Å². The maximum atomic E-state index is 5.34. The average Bonchev–Trinajstić information content (AvgIpc) is 2.84. The first kappa shape index (κ1) is 13.6. The Kier molecular flexibility index (Phi) is 5.71. The van der Waals surface area contributed by atoms with Crippen molar-refractivity contribution in [1.82, 2.24) is 14.8 Å². The normalized spacial score (nSPS) is 17.2. The smallest absolute Gasteiger partial charge is 0.0594 e. The zero-order valence-corrected chi connectivity index (χ0v) is 11.4. The molecule has 0 aliphatic carbocycles. The third-order valence-corrected chi connectivity index (χ3v) is 3.40. The molecule has 2 heterocycles. The van der Waals surface area contributed by atoms with Crippen LogP contribution >= 0.6 is 0 Å². The maximum Gasteiger partial charge on any atom is 0.0594 e. The molecule has 1 aliphatic heterocycles. The molecule has 102 valence electrons. The number of ether oxygens (including phenoxy) is 1. The van der Waals surface area contributed by atoms with Crippen molar-refractivity contribution in [2.24, 2.45) is 0 Å². The third-order valence-electron chi connectivity index (χ3n) is 3.40. The minimum Gasteiger partial charge on any atom is -0.379 e. The van der Waals surface area contributed by atoms with E-state index in [4.69, 9.17) is 4.74 Å². The van der Waals surface area contributed by atoms with Gasteiger partial charge in [0.15, 0.2) is 0 Å². The number of hydrogen-bond acceptors (Lipinski definition) is 3. The predicted molar refractivity (Wildman–Crippen MR) is 73.7 cm³/mol. The van der Waals surface area contributed by atoms with Gasteiger partial charge in [0.25, 0.3) is 0 Å². The highest BCUT2D eigenvalue weighted by molar-refractivity contribution is 5.06. The molecule has 1 saturated heterocycles. The molecule has 0 bridgehead atoms. The van der Waals surface area contributed by atoms with Gasteiger partial charge in [-0.05, 0) is 18.6 Å². The Morgan fingerprint density at radius 3 is 2.89 bits per heavy atom. The highest BCUT2D eigenvalue weighted by atomic mass is 16.5. The lowest BCUT2D eigenvalue weighted by atomic mass is 10.3. The molecule has 1 fully saturated rings. The van der Waals surface area contributed by atoms with Gasteiger partial charge in [-0.15, -0.1) is 0 Å². The highest BCUT2D eigenvalue weighted by Gasteiger charge is 2.09. The van der Waals surface area contributed by atoms with E-state index in [2.05, 4.69) is 40.0 Å². The molecule has 0 radical (unpaired) electrons. The van der Waals surface area contributed by atoms with E-state index >= 15 is 0 Å². The minimum absolute atomic E-state index is 0.888. The summed E-state index contributed by atoms with van der Waals surface area (Å²) >= 11 is 0. The molecular weight excluding hydrogens is 226 g/mol. The van der Waals surface area contributed by atoms with E-state index in [-0.39, 0.29) is 0 Å². The summed E-state index contributed by atoms with van der Waals surface area (Å²) in [5.41, 5.74) is 1.39. The molecule has 1 aromatic rings. The monoisotopic (exact) mass is 251 g/mol. The fourth-order valence-corrected chi connectivity index (χ4v) is 2.35. The molecule has 0 unspecified atom stereocenters. The molecule has 18 heavy (non-hydrogen) atoms. The summed E-state index contributed by atoms with van der Waals surface area (Å²) in [5.74, 6) is 0. The van der Waals surface area contributed by atoms with Gasteiger partial charge in [0, 0.05) is 51.2 Å². The molecule has 0 aromatic carbocycles. The molecule has 1 N–H and O–H groups in total. The van der Waals surface area contributed by atoms with Crippen LogP contribution in [0.5, 0.6) is 0 Å². The van der Waals surface area contributed by atoms with Crippen molar-refractivity contribution in [3.63, 3.8) is 0 Å². The number of aryl methyl sites for hydroxylation is 1. The van der Waals surface area contributed by atoms with E-state index in [0.29, 0.717) is 0 Å². The van der Waals surface area contributed by atoms with Gasteiger partial charge in [0.1, 0.15) is 0 Å². The molecule has 1 aliphatic rings. The molecular formula is C14H25N3O.